The average molecular weight is 462 g/mol. The SMILES string of the molecule is O=C(N[C@H](c1ccccc1)c1ccc(Cl)cc1)[C@@H](c1ccccc1)c1cc(Cl)ccc1O. The number of carbonyl (C=O) groups is 1. The summed E-state index contributed by atoms with van der Waals surface area (Å²) in [4.78, 5) is 13.7. The average Bonchev–Trinajstić information content (AvgIpc) is 2.82. The number of rotatable bonds is 6. The third-order valence-electron chi connectivity index (χ3n) is 5.32. The van der Waals surface area contributed by atoms with Crippen LogP contribution in [0.1, 0.15) is 34.2 Å². The number of benzene rings is 4. The Balaban J connectivity index is 1.76. The molecule has 0 fully saturated rings. The molecule has 0 spiro atoms. The number of phenolic OH excluding ortho intramolecular Hbond substituents is 1. The van der Waals surface area contributed by atoms with E-state index in [1.165, 1.54) is 6.07 Å². The van der Waals surface area contributed by atoms with Gasteiger partial charge in [-0.15, -0.1) is 0 Å². The fourth-order valence-electron chi connectivity index (χ4n) is 3.76. The third-order valence-corrected chi connectivity index (χ3v) is 5.81. The van der Waals surface area contributed by atoms with Crippen LogP contribution < -0.4 is 5.32 Å². The highest BCUT2D eigenvalue weighted by molar-refractivity contribution is 6.31. The molecule has 4 aromatic rings. The first-order chi connectivity index (χ1) is 15.5. The van der Waals surface area contributed by atoms with Gasteiger partial charge in [-0.25, -0.2) is 0 Å². The van der Waals surface area contributed by atoms with Gasteiger partial charge in [0.15, 0.2) is 0 Å². The summed E-state index contributed by atoms with van der Waals surface area (Å²) in [6.45, 7) is 0. The minimum atomic E-state index is -0.742. The zero-order chi connectivity index (χ0) is 22.5. The number of carbonyl (C=O) groups excluding carboxylic acids is 1. The van der Waals surface area contributed by atoms with E-state index in [0.29, 0.717) is 15.6 Å². The number of hydrogen-bond donors (Lipinski definition) is 2. The number of phenols is 1. The number of halogens is 2. The van der Waals surface area contributed by atoms with Crippen LogP contribution in [0.5, 0.6) is 5.75 Å². The van der Waals surface area contributed by atoms with Gasteiger partial charge in [0.1, 0.15) is 5.75 Å². The van der Waals surface area contributed by atoms with Gasteiger partial charge in [0.25, 0.3) is 0 Å². The molecule has 32 heavy (non-hydrogen) atoms. The first kappa shape index (κ1) is 21.9. The Morgan fingerprint density at radius 1 is 0.688 bits per heavy atom. The van der Waals surface area contributed by atoms with Crippen molar-refractivity contribution in [3.8, 4) is 5.75 Å². The molecule has 0 aliphatic rings. The fourth-order valence-corrected chi connectivity index (χ4v) is 4.07. The molecule has 0 aromatic heterocycles. The molecule has 0 saturated heterocycles. The van der Waals surface area contributed by atoms with Gasteiger partial charge in [0.05, 0.1) is 12.0 Å². The normalized spacial score (nSPS) is 12.7. The quantitative estimate of drug-likeness (QED) is 0.334. The molecule has 2 atom stereocenters. The van der Waals surface area contributed by atoms with E-state index < -0.39 is 12.0 Å². The highest BCUT2D eigenvalue weighted by Crippen LogP contribution is 2.35. The first-order valence-corrected chi connectivity index (χ1v) is 10.9. The molecule has 0 saturated carbocycles. The molecular formula is C27H21Cl2NO2. The van der Waals surface area contributed by atoms with Crippen LogP contribution >= 0.6 is 23.2 Å². The van der Waals surface area contributed by atoms with E-state index in [1.54, 1.807) is 24.3 Å². The van der Waals surface area contributed by atoms with Crippen LogP contribution in [0.15, 0.2) is 103 Å². The summed E-state index contributed by atoms with van der Waals surface area (Å²) in [6, 6.07) is 30.8. The maximum absolute atomic E-state index is 13.7. The molecular weight excluding hydrogens is 441 g/mol. The smallest absolute Gasteiger partial charge is 0.232 e. The molecule has 160 valence electrons. The summed E-state index contributed by atoms with van der Waals surface area (Å²) in [6.07, 6.45) is 0. The van der Waals surface area contributed by atoms with Gasteiger partial charge in [-0.2, -0.15) is 0 Å². The van der Waals surface area contributed by atoms with Crippen molar-refractivity contribution < 1.29 is 9.90 Å². The lowest BCUT2D eigenvalue weighted by atomic mass is 9.88. The van der Waals surface area contributed by atoms with Gasteiger partial charge in [0.2, 0.25) is 5.91 Å². The van der Waals surface area contributed by atoms with Crippen LogP contribution in [0.2, 0.25) is 10.0 Å². The number of nitrogens with one attached hydrogen (secondary N) is 1. The Hall–Kier alpha value is -3.27. The van der Waals surface area contributed by atoms with Gasteiger partial charge in [-0.3, -0.25) is 4.79 Å². The van der Waals surface area contributed by atoms with Crippen LogP contribution in [0, 0.1) is 0 Å². The number of amides is 1. The number of aromatic hydroxyl groups is 1. The van der Waals surface area contributed by atoms with Crippen molar-refractivity contribution in [1.82, 2.24) is 5.32 Å². The molecule has 3 nitrogen and oxygen atoms in total. The Morgan fingerprint density at radius 3 is 1.84 bits per heavy atom. The summed E-state index contributed by atoms with van der Waals surface area (Å²) >= 11 is 12.3. The van der Waals surface area contributed by atoms with Crippen molar-refractivity contribution >= 4 is 29.1 Å². The van der Waals surface area contributed by atoms with Crippen molar-refractivity contribution in [3.05, 3.63) is 135 Å². The Labute approximate surface area is 197 Å². The second-order valence-electron chi connectivity index (χ2n) is 7.45. The molecule has 5 heteroatoms. The zero-order valence-corrected chi connectivity index (χ0v) is 18.6. The van der Waals surface area contributed by atoms with Crippen molar-refractivity contribution in [2.45, 2.75) is 12.0 Å². The highest BCUT2D eigenvalue weighted by atomic mass is 35.5. The van der Waals surface area contributed by atoms with E-state index >= 15 is 0 Å². The van der Waals surface area contributed by atoms with Crippen LogP contribution in [0.3, 0.4) is 0 Å². The van der Waals surface area contributed by atoms with Crippen molar-refractivity contribution in [2.24, 2.45) is 0 Å². The van der Waals surface area contributed by atoms with Crippen LogP contribution in [-0.4, -0.2) is 11.0 Å². The summed E-state index contributed by atoms with van der Waals surface area (Å²) < 4.78 is 0. The molecule has 0 heterocycles. The molecule has 0 bridgehead atoms. The predicted octanol–water partition coefficient (Wildman–Crippen LogP) is 6.74. The van der Waals surface area contributed by atoms with E-state index in [0.717, 1.165) is 16.7 Å². The maximum atomic E-state index is 13.7. The molecule has 4 rings (SSSR count). The first-order valence-electron chi connectivity index (χ1n) is 10.2. The summed E-state index contributed by atoms with van der Waals surface area (Å²) in [5.41, 5.74) is 3.04. The molecule has 0 aliphatic heterocycles. The largest absolute Gasteiger partial charge is 0.508 e. The highest BCUT2D eigenvalue weighted by Gasteiger charge is 2.28. The second-order valence-corrected chi connectivity index (χ2v) is 8.32. The summed E-state index contributed by atoms with van der Waals surface area (Å²) in [7, 11) is 0. The molecule has 1 amide bonds. The van der Waals surface area contributed by atoms with E-state index in [2.05, 4.69) is 5.32 Å². The molecule has 0 aliphatic carbocycles. The Morgan fingerprint density at radius 2 is 1.22 bits per heavy atom. The van der Waals surface area contributed by atoms with Gasteiger partial charge in [0, 0.05) is 15.6 Å². The maximum Gasteiger partial charge on any atom is 0.232 e. The van der Waals surface area contributed by atoms with Gasteiger partial charge in [-0.1, -0.05) is 96.0 Å². The lowest BCUT2D eigenvalue weighted by molar-refractivity contribution is -0.122. The lowest BCUT2D eigenvalue weighted by Gasteiger charge is -2.25. The van der Waals surface area contributed by atoms with Crippen molar-refractivity contribution in [1.29, 1.82) is 0 Å². The zero-order valence-electron chi connectivity index (χ0n) is 17.1. The second kappa shape index (κ2) is 9.90. The van der Waals surface area contributed by atoms with Crippen molar-refractivity contribution in [2.75, 3.05) is 0 Å². The topological polar surface area (TPSA) is 49.3 Å². The standard InChI is InChI=1S/C27H21Cl2NO2/c28-21-13-11-20(12-14-21)26(19-9-5-2-6-10-19)30-27(32)25(18-7-3-1-4-8-18)23-17-22(29)15-16-24(23)31/h1-17,25-26,31H,(H,30,32)/t25-,26+/m0/s1. The van der Waals surface area contributed by atoms with Gasteiger partial charge >= 0.3 is 0 Å². The van der Waals surface area contributed by atoms with Crippen molar-refractivity contribution in [3.63, 3.8) is 0 Å². The van der Waals surface area contributed by atoms with Crippen LogP contribution in [-0.2, 0) is 4.79 Å². The minimum Gasteiger partial charge on any atom is -0.508 e. The molecule has 0 unspecified atom stereocenters. The van der Waals surface area contributed by atoms with Gasteiger partial charge < -0.3 is 10.4 Å². The lowest BCUT2D eigenvalue weighted by Crippen LogP contribution is -2.34. The summed E-state index contributed by atoms with van der Waals surface area (Å²) in [5, 5.41) is 14.8. The van der Waals surface area contributed by atoms with E-state index in [-0.39, 0.29) is 11.7 Å². The Kier molecular flexibility index (Phi) is 6.79. The fraction of sp³-hybridized carbons (Fsp3) is 0.0741. The monoisotopic (exact) mass is 461 g/mol. The van der Waals surface area contributed by atoms with Gasteiger partial charge in [-0.05, 0) is 47.0 Å². The molecule has 4 aromatic carbocycles. The molecule has 2 N–H and O–H groups in total. The van der Waals surface area contributed by atoms with E-state index in [9.17, 15) is 9.90 Å². The summed E-state index contributed by atoms with van der Waals surface area (Å²) in [5.74, 6) is -0.980. The van der Waals surface area contributed by atoms with Crippen LogP contribution in [0.25, 0.3) is 0 Å². The van der Waals surface area contributed by atoms with E-state index in [4.69, 9.17) is 23.2 Å². The van der Waals surface area contributed by atoms with E-state index in [1.807, 2.05) is 72.8 Å². The van der Waals surface area contributed by atoms with Crippen LogP contribution in [0.4, 0.5) is 0 Å². The minimum absolute atomic E-state index is 0.0150. The molecule has 0 radical (unpaired) electrons. The Bertz CT molecular complexity index is 1200. The third kappa shape index (κ3) is 4.96. The predicted molar refractivity (Wildman–Crippen MR) is 129 cm³/mol. The number of hydrogen-bond acceptors (Lipinski definition) is 2.